The lowest BCUT2D eigenvalue weighted by molar-refractivity contribution is -0.121. The maximum Gasteiger partial charge on any atom is 0.251 e. The zero-order valence-corrected chi connectivity index (χ0v) is 15.4. The fourth-order valence-corrected chi connectivity index (χ4v) is 3.37. The third-order valence-corrected chi connectivity index (χ3v) is 5.19. The van der Waals surface area contributed by atoms with Crippen molar-refractivity contribution in [3.05, 3.63) is 54.1 Å². The van der Waals surface area contributed by atoms with Crippen molar-refractivity contribution < 1.29 is 22.7 Å². The minimum absolute atomic E-state index is 0.0163. The quantitative estimate of drug-likeness (QED) is 0.704. The molecule has 1 aliphatic heterocycles. The van der Waals surface area contributed by atoms with Crippen molar-refractivity contribution in [3.8, 4) is 5.75 Å². The summed E-state index contributed by atoms with van der Waals surface area (Å²) in [5, 5.41) is 8.11. The molecule has 1 fully saturated rings. The van der Waals surface area contributed by atoms with Gasteiger partial charge in [-0.2, -0.15) is 0 Å². The number of hydrogen-bond donors (Lipinski definition) is 2. The molecule has 0 aromatic heterocycles. The largest absolute Gasteiger partial charge is 0.497 e. The second-order valence-electron chi connectivity index (χ2n) is 6.10. The number of nitrogens with zero attached hydrogens (tertiary/aromatic N) is 1. The van der Waals surface area contributed by atoms with E-state index in [9.17, 15) is 18.0 Å². The van der Waals surface area contributed by atoms with E-state index >= 15 is 0 Å². The molecule has 142 valence electrons. The van der Waals surface area contributed by atoms with Crippen LogP contribution in [-0.2, 0) is 26.2 Å². The first-order chi connectivity index (χ1) is 12.8. The number of ether oxygens (including phenoxy) is 1. The average molecular weight is 389 g/mol. The Kier molecular flexibility index (Phi) is 5.26. The number of amides is 2. The monoisotopic (exact) mass is 389 g/mol. The second-order valence-corrected chi connectivity index (χ2v) is 7.66. The van der Waals surface area contributed by atoms with Crippen LogP contribution in [0.4, 0.5) is 5.69 Å². The van der Waals surface area contributed by atoms with Gasteiger partial charge in [0.15, 0.2) is 0 Å². The van der Waals surface area contributed by atoms with Gasteiger partial charge < -0.3 is 10.1 Å². The van der Waals surface area contributed by atoms with Crippen LogP contribution in [0.25, 0.3) is 0 Å². The van der Waals surface area contributed by atoms with Gasteiger partial charge in [-0.15, -0.1) is 0 Å². The van der Waals surface area contributed by atoms with Crippen molar-refractivity contribution in [1.82, 2.24) is 5.32 Å². The highest BCUT2D eigenvalue weighted by molar-refractivity contribution is 7.89. The van der Waals surface area contributed by atoms with Gasteiger partial charge in [0.1, 0.15) is 5.75 Å². The van der Waals surface area contributed by atoms with E-state index in [0.29, 0.717) is 18.0 Å². The summed E-state index contributed by atoms with van der Waals surface area (Å²) < 4.78 is 27.7. The Balaban J connectivity index is 1.68. The van der Waals surface area contributed by atoms with Crippen molar-refractivity contribution in [3.63, 3.8) is 0 Å². The predicted molar refractivity (Wildman–Crippen MR) is 98.5 cm³/mol. The van der Waals surface area contributed by atoms with Gasteiger partial charge in [0.2, 0.25) is 15.9 Å². The van der Waals surface area contributed by atoms with Crippen molar-refractivity contribution in [2.75, 3.05) is 12.0 Å². The maximum atomic E-state index is 12.6. The Morgan fingerprint density at radius 2 is 1.89 bits per heavy atom. The highest BCUT2D eigenvalue weighted by Crippen LogP contribution is 2.26. The smallest absolute Gasteiger partial charge is 0.251 e. The van der Waals surface area contributed by atoms with Gasteiger partial charge in [-0.1, -0.05) is 18.2 Å². The number of nitrogens with two attached hydrogens (primary N) is 1. The van der Waals surface area contributed by atoms with Gasteiger partial charge in [-0.25, -0.2) is 18.5 Å². The number of carbonyl (C=O) groups is 2. The molecule has 0 spiro atoms. The third-order valence-electron chi connectivity index (χ3n) is 4.26. The molecular formula is C18H19N3O5S. The number of nitrogens with one attached hydrogen (secondary N) is 1. The number of rotatable bonds is 6. The number of sulfonamides is 1. The summed E-state index contributed by atoms with van der Waals surface area (Å²) in [5.41, 5.74) is 1.23. The van der Waals surface area contributed by atoms with Gasteiger partial charge in [0.05, 0.1) is 30.2 Å². The highest BCUT2D eigenvalue weighted by atomic mass is 32.2. The zero-order chi connectivity index (χ0) is 19.6. The minimum Gasteiger partial charge on any atom is -0.497 e. The maximum absolute atomic E-state index is 12.6. The molecule has 2 amide bonds. The number of anilines is 1. The summed E-state index contributed by atoms with van der Waals surface area (Å²) in [6, 6.07) is 12.1. The van der Waals surface area contributed by atoms with Gasteiger partial charge in [-0.05, 0) is 29.8 Å². The molecule has 1 saturated heterocycles. The van der Waals surface area contributed by atoms with Crippen LogP contribution in [0.5, 0.6) is 5.75 Å². The summed E-state index contributed by atoms with van der Waals surface area (Å²) in [6.45, 7) is 0.306. The van der Waals surface area contributed by atoms with Crippen molar-refractivity contribution in [2.45, 2.75) is 23.9 Å². The molecular weight excluding hydrogens is 370 g/mol. The fourth-order valence-electron chi connectivity index (χ4n) is 2.85. The van der Waals surface area contributed by atoms with E-state index in [2.05, 4.69) is 5.32 Å². The number of methoxy groups -OCH3 is 1. The summed E-state index contributed by atoms with van der Waals surface area (Å²) in [6.07, 6.45) is 0.0469. The van der Waals surface area contributed by atoms with Crippen molar-refractivity contribution in [2.24, 2.45) is 5.14 Å². The Hall–Kier alpha value is -2.75. The summed E-state index contributed by atoms with van der Waals surface area (Å²) in [7, 11) is -2.23. The van der Waals surface area contributed by atoms with E-state index in [-0.39, 0.29) is 23.1 Å². The van der Waals surface area contributed by atoms with Crippen LogP contribution in [0, 0.1) is 0 Å². The van der Waals surface area contributed by atoms with Gasteiger partial charge >= 0.3 is 0 Å². The molecule has 0 aliphatic carbocycles. The first-order valence-corrected chi connectivity index (χ1v) is 9.70. The van der Waals surface area contributed by atoms with Gasteiger partial charge in [0, 0.05) is 12.6 Å². The molecule has 0 radical (unpaired) electrons. The zero-order valence-electron chi connectivity index (χ0n) is 14.6. The first kappa shape index (κ1) is 19.0. The second kappa shape index (κ2) is 7.47. The Labute approximate surface area is 157 Å². The lowest BCUT2D eigenvalue weighted by Crippen LogP contribution is -2.38. The standard InChI is InChI=1S/C18H19N3O5S/c1-26-14-4-2-3-13(9-14)21-17(22)10-16(18(21)23)20-11-12-5-7-15(8-6-12)27(19,24)25/h2-9,16,20H,10-11H2,1H3,(H2,19,24,25). The molecule has 1 heterocycles. The van der Waals surface area contributed by atoms with E-state index in [0.717, 1.165) is 10.5 Å². The SMILES string of the molecule is COc1cccc(N2C(=O)CC(NCc3ccc(S(N)(=O)=O)cc3)C2=O)c1. The molecule has 1 unspecified atom stereocenters. The van der Waals surface area contributed by atoms with Gasteiger partial charge in [-0.3, -0.25) is 9.59 Å². The van der Waals surface area contributed by atoms with E-state index < -0.39 is 16.1 Å². The Morgan fingerprint density at radius 1 is 1.19 bits per heavy atom. The number of benzene rings is 2. The van der Waals surface area contributed by atoms with Crippen LogP contribution in [-0.4, -0.2) is 33.4 Å². The average Bonchev–Trinajstić information content (AvgIpc) is 2.93. The Morgan fingerprint density at radius 3 is 2.52 bits per heavy atom. The molecule has 0 bridgehead atoms. The van der Waals surface area contributed by atoms with E-state index in [4.69, 9.17) is 9.88 Å². The lowest BCUT2D eigenvalue weighted by Gasteiger charge is -2.16. The molecule has 8 nitrogen and oxygen atoms in total. The first-order valence-electron chi connectivity index (χ1n) is 8.15. The minimum atomic E-state index is -3.75. The number of hydrogen-bond acceptors (Lipinski definition) is 6. The van der Waals surface area contributed by atoms with Crippen molar-refractivity contribution >= 4 is 27.5 Å². The van der Waals surface area contributed by atoms with Gasteiger partial charge in [0.25, 0.3) is 5.91 Å². The normalized spacial score (nSPS) is 17.4. The van der Waals surface area contributed by atoms with Crippen LogP contribution >= 0.6 is 0 Å². The Bertz CT molecular complexity index is 973. The van der Waals surface area contributed by atoms with Crippen LogP contribution in [0.1, 0.15) is 12.0 Å². The molecule has 0 saturated carbocycles. The van der Waals surface area contributed by atoms with Crippen LogP contribution in [0.2, 0.25) is 0 Å². The van der Waals surface area contributed by atoms with Crippen LogP contribution in [0.3, 0.4) is 0 Å². The molecule has 2 aromatic rings. The van der Waals surface area contributed by atoms with Crippen molar-refractivity contribution in [1.29, 1.82) is 0 Å². The third kappa shape index (κ3) is 4.16. The topological polar surface area (TPSA) is 119 Å². The predicted octanol–water partition coefficient (Wildman–Crippen LogP) is 0.764. The molecule has 3 rings (SSSR count). The number of carbonyl (C=O) groups excluding carboxylic acids is 2. The van der Waals surface area contributed by atoms with Crippen LogP contribution in [0.15, 0.2) is 53.4 Å². The molecule has 27 heavy (non-hydrogen) atoms. The highest BCUT2D eigenvalue weighted by Gasteiger charge is 2.39. The van der Waals surface area contributed by atoms with E-state index in [1.165, 1.54) is 19.2 Å². The number of imide groups is 1. The van der Waals surface area contributed by atoms with E-state index in [1.54, 1.807) is 36.4 Å². The summed E-state index contributed by atoms with van der Waals surface area (Å²) in [4.78, 5) is 26.1. The molecule has 1 aliphatic rings. The number of primary sulfonamides is 1. The van der Waals surface area contributed by atoms with Crippen LogP contribution < -0.4 is 20.1 Å². The summed E-state index contributed by atoms with van der Waals surface area (Å²) >= 11 is 0. The fraction of sp³-hybridized carbons (Fsp3) is 0.222. The van der Waals surface area contributed by atoms with E-state index in [1.807, 2.05) is 0 Å². The molecule has 1 atom stereocenters. The molecule has 9 heteroatoms. The lowest BCUT2D eigenvalue weighted by atomic mass is 10.2. The molecule has 2 aromatic carbocycles. The summed E-state index contributed by atoms with van der Waals surface area (Å²) in [5.74, 6) is -0.0795. The molecule has 3 N–H and O–H groups in total.